The molecule has 3 aromatic carbocycles. The zero-order valence-corrected chi connectivity index (χ0v) is 21.6. The first kappa shape index (κ1) is 22.1. The monoisotopic (exact) mass is 459 g/mol. The number of rotatable bonds is 4. The molecular formula is C33H33NO. The molecule has 0 unspecified atom stereocenters. The number of fused-ring (bicyclic) bond motifs is 3. The van der Waals surface area contributed by atoms with E-state index in [-0.39, 0.29) is 5.41 Å². The van der Waals surface area contributed by atoms with Gasteiger partial charge in [0.25, 0.3) is 0 Å². The molecule has 0 spiro atoms. The second-order valence-electron chi connectivity index (χ2n) is 11.9. The molecular weight excluding hydrogens is 426 g/mol. The lowest BCUT2D eigenvalue weighted by atomic mass is 9.85. The van der Waals surface area contributed by atoms with Crippen molar-refractivity contribution in [1.29, 1.82) is 0 Å². The number of nitrogens with zero attached hydrogens (tertiary/aromatic N) is 1. The first-order chi connectivity index (χ1) is 16.7. The largest absolute Gasteiger partial charge is 0.455 e. The molecule has 0 amide bonds. The molecule has 6 rings (SSSR count). The number of aromatic nitrogens is 1. The Morgan fingerprint density at radius 2 is 1.71 bits per heavy atom. The van der Waals surface area contributed by atoms with Gasteiger partial charge in [-0.2, -0.15) is 0 Å². The third-order valence-electron chi connectivity index (χ3n) is 7.03. The molecule has 0 aliphatic heterocycles. The Kier molecular flexibility index (Phi) is 4.93. The zero-order valence-electron chi connectivity index (χ0n) is 21.6. The molecule has 176 valence electrons. The van der Waals surface area contributed by atoms with Gasteiger partial charge in [0.2, 0.25) is 0 Å². The molecule has 2 heterocycles. The Hall–Kier alpha value is -3.39. The summed E-state index contributed by atoms with van der Waals surface area (Å²) in [6.45, 7) is 13.8. The van der Waals surface area contributed by atoms with E-state index in [0.29, 0.717) is 5.92 Å². The number of allylic oxidation sites excluding steroid dienone is 1. The van der Waals surface area contributed by atoms with Gasteiger partial charge in [-0.3, -0.25) is 4.98 Å². The molecule has 1 aliphatic carbocycles. The summed E-state index contributed by atoms with van der Waals surface area (Å²) in [5, 5.41) is 4.94. The van der Waals surface area contributed by atoms with Crippen LogP contribution in [0.4, 0.5) is 0 Å². The Morgan fingerprint density at radius 1 is 0.914 bits per heavy atom. The van der Waals surface area contributed by atoms with Gasteiger partial charge in [-0.15, -0.1) is 0 Å². The summed E-state index contributed by atoms with van der Waals surface area (Å²) >= 11 is 0. The van der Waals surface area contributed by atoms with Gasteiger partial charge in [-0.25, -0.2) is 0 Å². The SMILES string of the molecule is Cc1cc(C2=C(CC(C)C)c3cc(CC(C)(C)C)cc4ccnc2c34)c2oc3ccccc3c2c1. The van der Waals surface area contributed by atoms with Gasteiger partial charge in [0.05, 0.1) is 5.69 Å². The van der Waals surface area contributed by atoms with Gasteiger partial charge in [0.1, 0.15) is 11.2 Å². The van der Waals surface area contributed by atoms with Crippen LogP contribution in [0.5, 0.6) is 0 Å². The number of benzene rings is 3. The summed E-state index contributed by atoms with van der Waals surface area (Å²) in [5.41, 5.74) is 11.1. The van der Waals surface area contributed by atoms with Gasteiger partial charge in [0, 0.05) is 33.5 Å². The van der Waals surface area contributed by atoms with Crippen molar-refractivity contribution in [2.24, 2.45) is 11.3 Å². The Morgan fingerprint density at radius 3 is 2.49 bits per heavy atom. The lowest BCUT2D eigenvalue weighted by Gasteiger charge is -2.19. The van der Waals surface area contributed by atoms with E-state index in [2.05, 4.69) is 90.1 Å². The van der Waals surface area contributed by atoms with Crippen LogP contribution >= 0.6 is 0 Å². The topological polar surface area (TPSA) is 26.0 Å². The molecule has 0 saturated carbocycles. The third kappa shape index (κ3) is 3.67. The first-order valence-electron chi connectivity index (χ1n) is 12.8. The quantitative estimate of drug-likeness (QED) is 0.267. The lowest BCUT2D eigenvalue weighted by molar-refractivity contribution is 0.411. The van der Waals surface area contributed by atoms with Crippen LogP contribution in [-0.2, 0) is 6.42 Å². The zero-order chi connectivity index (χ0) is 24.5. The van der Waals surface area contributed by atoms with Gasteiger partial charge in [0.15, 0.2) is 0 Å². The molecule has 0 N–H and O–H groups in total. The van der Waals surface area contributed by atoms with Crippen molar-refractivity contribution in [3.63, 3.8) is 0 Å². The highest BCUT2D eigenvalue weighted by atomic mass is 16.3. The van der Waals surface area contributed by atoms with Crippen LogP contribution in [-0.4, -0.2) is 4.98 Å². The van der Waals surface area contributed by atoms with Crippen LogP contribution < -0.4 is 0 Å². The molecule has 1 aliphatic rings. The van der Waals surface area contributed by atoms with Gasteiger partial charge in [-0.05, 0) is 83.0 Å². The van der Waals surface area contributed by atoms with Crippen LogP contribution in [0.15, 0.2) is 65.2 Å². The van der Waals surface area contributed by atoms with Crippen LogP contribution in [0.2, 0.25) is 0 Å². The Labute approximate surface area is 207 Å². The normalized spacial score (nSPS) is 13.8. The minimum atomic E-state index is 0.233. The minimum absolute atomic E-state index is 0.233. The van der Waals surface area contributed by atoms with E-state index in [4.69, 9.17) is 9.40 Å². The molecule has 0 saturated heterocycles. The molecule has 0 atom stereocenters. The first-order valence-corrected chi connectivity index (χ1v) is 12.8. The summed E-state index contributed by atoms with van der Waals surface area (Å²) < 4.78 is 6.53. The van der Waals surface area contributed by atoms with Crippen LogP contribution in [0.1, 0.15) is 69.0 Å². The van der Waals surface area contributed by atoms with Crippen LogP contribution in [0.25, 0.3) is 43.9 Å². The number of aryl methyl sites for hydroxylation is 1. The summed E-state index contributed by atoms with van der Waals surface area (Å²) in [7, 11) is 0. The molecule has 5 aromatic rings. The van der Waals surface area contributed by atoms with E-state index in [1.165, 1.54) is 54.9 Å². The van der Waals surface area contributed by atoms with E-state index in [9.17, 15) is 0 Å². The maximum Gasteiger partial charge on any atom is 0.143 e. The maximum atomic E-state index is 6.53. The number of furan rings is 1. The summed E-state index contributed by atoms with van der Waals surface area (Å²) in [6, 6.07) is 19.9. The van der Waals surface area contributed by atoms with E-state index >= 15 is 0 Å². The molecule has 35 heavy (non-hydrogen) atoms. The van der Waals surface area contributed by atoms with Crippen molar-refractivity contribution in [3.05, 3.63) is 88.7 Å². The number of hydrogen-bond donors (Lipinski definition) is 0. The second kappa shape index (κ2) is 7.81. The molecule has 2 heteroatoms. The molecule has 0 radical (unpaired) electrons. The Balaban J connectivity index is 1.70. The lowest BCUT2D eigenvalue weighted by Crippen LogP contribution is -2.09. The Bertz CT molecular complexity index is 1660. The highest BCUT2D eigenvalue weighted by molar-refractivity contribution is 6.20. The minimum Gasteiger partial charge on any atom is -0.455 e. The average molecular weight is 460 g/mol. The highest BCUT2D eigenvalue weighted by Crippen LogP contribution is 2.49. The van der Waals surface area contributed by atoms with E-state index in [1.54, 1.807) is 0 Å². The fourth-order valence-electron chi connectivity index (χ4n) is 5.87. The number of pyridine rings is 1. The van der Waals surface area contributed by atoms with Crippen molar-refractivity contribution in [3.8, 4) is 0 Å². The molecule has 0 fully saturated rings. The van der Waals surface area contributed by atoms with Gasteiger partial charge < -0.3 is 4.42 Å². The van der Waals surface area contributed by atoms with Crippen molar-refractivity contribution in [1.82, 2.24) is 4.98 Å². The summed E-state index contributed by atoms with van der Waals surface area (Å²) in [5.74, 6) is 0.534. The number of hydrogen-bond acceptors (Lipinski definition) is 2. The van der Waals surface area contributed by atoms with E-state index < -0.39 is 0 Å². The highest BCUT2D eigenvalue weighted by Gasteiger charge is 2.30. The predicted molar refractivity (Wildman–Crippen MR) is 149 cm³/mol. The van der Waals surface area contributed by atoms with E-state index in [1.807, 2.05) is 12.3 Å². The van der Waals surface area contributed by atoms with Crippen molar-refractivity contribution < 1.29 is 4.42 Å². The van der Waals surface area contributed by atoms with E-state index in [0.717, 1.165) is 29.7 Å². The third-order valence-corrected chi connectivity index (χ3v) is 7.03. The summed E-state index contributed by atoms with van der Waals surface area (Å²) in [6.07, 6.45) is 4.04. The smallest absolute Gasteiger partial charge is 0.143 e. The predicted octanol–water partition coefficient (Wildman–Crippen LogP) is 9.35. The molecule has 2 aromatic heterocycles. The maximum absolute atomic E-state index is 6.53. The average Bonchev–Trinajstić information content (AvgIpc) is 3.29. The fraction of sp³-hybridized carbons (Fsp3) is 0.303. The van der Waals surface area contributed by atoms with Crippen LogP contribution in [0.3, 0.4) is 0 Å². The second-order valence-corrected chi connectivity index (χ2v) is 11.9. The van der Waals surface area contributed by atoms with Crippen molar-refractivity contribution >= 4 is 43.9 Å². The molecule has 0 bridgehead atoms. The van der Waals surface area contributed by atoms with Crippen molar-refractivity contribution in [2.75, 3.05) is 0 Å². The standard InChI is InChI=1S/C33H33NO/c1-19(2)13-24-25-17-21(18-33(4,5)6)16-22-11-12-34-31(29(22)25)30(24)27-15-20(3)14-26-23-9-7-8-10-28(23)35-32(26)27/h7-12,14-17,19H,13,18H2,1-6H3. The molecule has 2 nitrogen and oxygen atoms in total. The van der Waals surface area contributed by atoms with Gasteiger partial charge in [-0.1, -0.05) is 65.0 Å². The van der Waals surface area contributed by atoms with Gasteiger partial charge >= 0.3 is 0 Å². The fourth-order valence-corrected chi connectivity index (χ4v) is 5.87. The number of para-hydroxylation sites is 1. The van der Waals surface area contributed by atoms with Crippen LogP contribution in [0, 0.1) is 18.3 Å². The summed E-state index contributed by atoms with van der Waals surface area (Å²) in [4.78, 5) is 4.99. The van der Waals surface area contributed by atoms with Crippen molar-refractivity contribution in [2.45, 2.75) is 54.4 Å².